The highest BCUT2D eigenvalue weighted by atomic mass is 79.9. The van der Waals surface area contributed by atoms with Crippen molar-refractivity contribution < 1.29 is 14.5 Å². The number of rotatable bonds is 5. The van der Waals surface area contributed by atoms with Gasteiger partial charge in [0.05, 0.1) is 11.5 Å². The van der Waals surface area contributed by atoms with Gasteiger partial charge in [-0.3, -0.25) is 14.9 Å². The Kier molecular flexibility index (Phi) is 5.08. The molecule has 1 rings (SSSR count). The van der Waals surface area contributed by atoms with Gasteiger partial charge in [0.1, 0.15) is 12.2 Å². The van der Waals surface area contributed by atoms with Crippen LogP contribution >= 0.6 is 15.9 Å². The highest BCUT2D eigenvalue weighted by Gasteiger charge is 2.19. The van der Waals surface area contributed by atoms with Crippen LogP contribution in [-0.2, 0) is 9.53 Å². The second-order valence-electron chi connectivity index (χ2n) is 3.55. The second-order valence-corrected chi connectivity index (χ2v) is 4.47. The second kappa shape index (κ2) is 6.34. The normalized spacial score (nSPS) is 9.94. The van der Waals surface area contributed by atoms with E-state index >= 15 is 0 Å². The lowest BCUT2D eigenvalue weighted by molar-refractivity contribution is -0.384. The SMILES string of the molecule is CCOC(=O)CN(C)c1ccc(Br)cc1[N+](=O)[O-]. The fraction of sp³-hybridized carbons (Fsp3) is 0.364. The van der Waals surface area contributed by atoms with Crippen molar-refractivity contribution >= 4 is 33.3 Å². The lowest BCUT2D eigenvalue weighted by Gasteiger charge is -2.18. The molecule has 0 radical (unpaired) electrons. The molecule has 0 atom stereocenters. The monoisotopic (exact) mass is 316 g/mol. The summed E-state index contributed by atoms with van der Waals surface area (Å²) in [6.45, 7) is 1.96. The molecule has 0 heterocycles. The Labute approximate surface area is 113 Å². The maximum atomic E-state index is 11.3. The Bertz CT molecular complexity index is 464. The fourth-order valence-corrected chi connectivity index (χ4v) is 1.80. The Morgan fingerprint density at radius 2 is 2.22 bits per heavy atom. The highest BCUT2D eigenvalue weighted by molar-refractivity contribution is 9.10. The van der Waals surface area contributed by atoms with E-state index in [-0.39, 0.29) is 18.8 Å². The molecule has 0 saturated carbocycles. The van der Waals surface area contributed by atoms with E-state index in [2.05, 4.69) is 15.9 Å². The van der Waals surface area contributed by atoms with Crippen molar-refractivity contribution in [1.82, 2.24) is 0 Å². The molecule has 1 aromatic rings. The molecule has 0 spiro atoms. The number of carbonyl (C=O) groups is 1. The van der Waals surface area contributed by atoms with Gasteiger partial charge in [0.25, 0.3) is 5.69 Å². The van der Waals surface area contributed by atoms with Crippen molar-refractivity contribution in [1.29, 1.82) is 0 Å². The summed E-state index contributed by atoms with van der Waals surface area (Å²) in [5.74, 6) is -0.419. The van der Waals surface area contributed by atoms with Crippen LogP contribution in [0.1, 0.15) is 6.92 Å². The van der Waals surface area contributed by atoms with Crippen molar-refractivity contribution in [2.45, 2.75) is 6.92 Å². The third-order valence-corrected chi connectivity index (χ3v) is 2.71. The molecule has 0 aliphatic rings. The molecule has 7 heteroatoms. The van der Waals surface area contributed by atoms with E-state index in [1.807, 2.05) is 0 Å². The Morgan fingerprint density at radius 3 is 2.78 bits per heavy atom. The van der Waals surface area contributed by atoms with Gasteiger partial charge in [0, 0.05) is 17.6 Å². The Balaban J connectivity index is 2.94. The van der Waals surface area contributed by atoms with E-state index in [9.17, 15) is 14.9 Å². The van der Waals surface area contributed by atoms with E-state index in [4.69, 9.17) is 4.74 Å². The minimum atomic E-state index is -0.484. The number of hydrogen-bond donors (Lipinski definition) is 0. The first-order valence-corrected chi connectivity index (χ1v) is 6.05. The van der Waals surface area contributed by atoms with Gasteiger partial charge in [-0.25, -0.2) is 0 Å². The van der Waals surface area contributed by atoms with E-state index in [1.54, 1.807) is 26.1 Å². The van der Waals surface area contributed by atoms with Crippen LogP contribution < -0.4 is 4.90 Å². The molecule has 0 aromatic heterocycles. The Hall–Kier alpha value is -1.63. The van der Waals surface area contributed by atoms with Gasteiger partial charge in [-0.15, -0.1) is 0 Å². The molecule has 0 saturated heterocycles. The minimum Gasteiger partial charge on any atom is -0.465 e. The van der Waals surface area contributed by atoms with Crippen LogP contribution in [0, 0.1) is 10.1 Å². The Morgan fingerprint density at radius 1 is 1.56 bits per heavy atom. The summed E-state index contributed by atoms with van der Waals surface area (Å²) in [7, 11) is 1.60. The van der Waals surface area contributed by atoms with Gasteiger partial charge in [0.2, 0.25) is 0 Å². The highest BCUT2D eigenvalue weighted by Crippen LogP contribution is 2.30. The van der Waals surface area contributed by atoms with Crippen LogP contribution in [0.5, 0.6) is 0 Å². The number of ether oxygens (including phenoxy) is 1. The van der Waals surface area contributed by atoms with Crippen molar-refractivity contribution in [3.05, 3.63) is 32.8 Å². The van der Waals surface area contributed by atoms with Crippen molar-refractivity contribution in [3.8, 4) is 0 Å². The van der Waals surface area contributed by atoms with Gasteiger partial charge in [-0.2, -0.15) is 0 Å². The molecular weight excluding hydrogens is 304 g/mol. The molecule has 6 nitrogen and oxygen atoms in total. The van der Waals surface area contributed by atoms with Crippen LogP contribution in [0.2, 0.25) is 0 Å². The van der Waals surface area contributed by atoms with Crippen LogP contribution in [0.3, 0.4) is 0 Å². The van der Waals surface area contributed by atoms with Gasteiger partial charge in [-0.05, 0) is 19.1 Å². The number of halogens is 1. The number of esters is 1. The average Bonchev–Trinajstić information content (AvgIpc) is 2.28. The first-order valence-electron chi connectivity index (χ1n) is 5.26. The molecule has 18 heavy (non-hydrogen) atoms. The number of benzene rings is 1. The van der Waals surface area contributed by atoms with E-state index in [1.165, 1.54) is 11.0 Å². The fourth-order valence-electron chi connectivity index (χ4n) is 1.45. The standard InChI is InChI=1S/C11H13BrN2O4/c1-3-18-11(15)7-13(2)9-5-4-8(12)6-10(9)14(16)17/h4-6H,3,7H2,1-2H3. The molecular formula is C11H13BrN2O4. The zero-order valence-corrected chi connectivity index (χ0v) is 11.6. The first kappa shape index (κ1) is 14.4. The summed E-state index contributed by atoms with van der Waals surface area (Å²) in [4.78, 5) is 23.3. The van der Waals surface area contributed by atoms with Crippen LogP contribution in [-0.4, -0.2) is 31.1 Å². The van der Waals surface area contributed by atoms with Gasteiger partial charge < -0.3 is 9.64 Å². The summed E-state index contributed by atoms with van der Waals surface area (Å²) < 4.78 is 5.41. The predicted molar refractivity (Wildman–Crippen MR) is 70.7 cm³/mol. The maximum absolute atomic E-state index is 11.3. The smallest absolute Gasteiger partial charge is 0.325 e. The molecule has 0 unspecified atom stereocenters. The summed E-state index contributed by atoms with van der Waals surface area (Å²) in [5.41, 5.74) is 0.312. The maximum Gasteiger partial charge on any atom is 0.325 e. The van der Waals surface area contributed by atoms with Crippen LogP contribution in [0.15, 0.2) is 22.7 Å². The van der Waals surface area contributed by atoms with Gasteiger partial charge in [-0.1, -0.05) is 15.9 Å². The van der Waals surface area contributed by atoms with Crippen LogP contribution in [0.25, 0.3) is 0 Å². The third kappa shape index (κ3) is 3.69. The molecule has 0 bridgehead atoms. The molecule has 0 N–H and O–H groups in total. The average molecular weight is 317 g/mol. The van der Waals surface area contributed by atoms with Gasteiger partial charge in [0.15, 0.2) is 0 Å². The predicted octanol–water partition coefficient (Wildman–Crippen LogP) is 2.36. The lowest BCUT2D eigenvalue weighted by atomic mass is 10.2. The topological polar surface area (TPSA) is 72.7 Å². The molecule has 1 aromatic carbocycles. The molecule has 98 valence electrons. The molecule has 0 amide bonds. The number of carbonyl (C=O) groups excluding carboxylic acids is 1. The number of likely N-dealkylation sites (N-methyl/N-ethyl adjacent to an activating group) is 1. The zero-order valence-electron chi connectivity index (χ0n) is 10.1. The number of anilines is 1. The first-order chi connectivity index (χ1) is 8.45. The van der Waals surface area contributed by atoms with Crippen molar-refractivity contribution in [2.75, 3.05) is 25.1 Å². The third-order valence-electron chi connectivity index (χ3n) is 2.22. The minimum absolute atomic E-state index is 0.0314. The largest absolute Gasteiger partial charge is 0.465 e. The zero-order chi connectivity index (χ0) is 13.7. The summed E-state index contributed by atoms with van der Waals surface area (Å²) in [5, 5.41) is 10.9. The van der Waals surface area contributed by atoms with Gasteiger partial charge >= 0.3 is 5.97 Å². The summed E-state index contributed by atoms with van der Waals surface area (Å²) in [6, 6.07) is 4.67. The van der Waals surface area contributed by atoms with Crippen molar-refractivity contribution in [2.24, 2.45) is 0 Å². The van der Waals surface area contributed by atoms with E-state index in [0.29, 0.717) is 10.2 Å². The molecule has 0 aliphatic heterocycles. The number of hydrogen-bond acceptors (Lipinski definition) is 5. The number of nitrogens with zero attached hydrogens (tertiary/aromatic N) is 2. The van der Waals surface area contributed by atoms with Crippen LogP contribution in [0.4, 0.5) is 11.4 Å². The summed E-state index contributed by atoms with van der Waals surface area (Å²) in [6.07, 6.45) is 0. The summed E-state index contributed by atoms with van der Waals surface area (Å²) >= 11 is 3.17. The molecule has 0 fully saturated rings. The van der Waals surface area contributed by atoms with E-state index < -0.39 is 10.9 Å². The van der Waals surface area contributed by atoms with Crippen molar-refractivity contribution in [3.63, 3.8) is 0 Å². The van der Waals surface area contributed by atoms with E-state index in [0.717, 1.165) is 0 Å². The lowest BCUT2D eigenvalue weighted by Crippen LogP contribution is -2.27. The number of nitro groups is 1. The quantitative estimate of drug-likeness (QED) is 0.473. The number of nitro benzene ring substituents is 1. The molecule has 0 aliphatic carbocycles.